The van der Waals surface area contributed by atoms with Crippen LogP contribution < -0.4 is 5.06 Å². The van der Waals surface area contributed by atoms with Gasteiger partial charge in [0.2, 0.25) is 0 Å². The number of nitrogens with zero attached hydrogens (tertiary/aromatic N) is 3. The third-order valence-corrected chi connectivity index (χ3v) is 5.76. The van der Waals surface area contributed by atoms with Crippen LogP contribution in [-0.4, -0.2) is 23.0 Å². The van der Waals surface area contributed by atoms with E-state index in [1.165, 1.54) is 17.6 Å². The molecule has 0 aliphatic rings. The highest BCUT2D eigenvalue weighted by Gasteiger charge is 2.12. The van der Waals surface area contributed by atoms with Gasteiger partial charge in [-0.05, 0) is 60.4 Å². The molecule has 0 saturated heterocycles. The summed E-state index contributed by atoms with van der Waals surface area (Å²) < 4.78 is 1.15. The molecule has 0 spiro atoms. The maximum Gasteiger partial charge on any atom is 0.329 e. The summed E-state index contributed by atoms with van der Waals surface area (Å²) in [4.78, 5) is 25.3. The van der Waals surface area contributed by atoms with Gasteiger partial charge in [0.15, 0.2) is 5.82 Å². The summed E-state index contributed by atoms with van der Waals surface area (Å²) in [5.41, 5.74) is 5.36. The minimum absolute atomic E-state index is 0.384. The Morgan fingerprint density at radius 1 is 1.17 bits per heavy atom. The third kappa shape index (κ3) is 4.45. The first kappa shape index (κ1) is 20.3. The predicted molar refractivity (Wildman–Crippen MR) is 122 cm³/mol. The summed E-state index contributed by atoms with van der Waals surface area (Å²) in [6.45, 7) is 3.38. The van der Waals surface area contributed by atoms with Crippen LogP contribution in [-0.2, 0) is 16.1 Å². The van der Waals surface area contributed by atoms with Crippen molar-refractivity contribution >= 4 is 44.9 Å². The molecule has 0 fully saturated rings. The van der Waals surface area contributed by atoms with E-state index >= 15 is 0 Å². The molecule has 7 heteroatoms. The molecule has 0 radical (unpaired) electrons. The Bertz CT molecular complexity index is 1220. The Hall–Kier alpha value is -2.96. The molecule has 2 aromatic carbocycles. The molecule has 2 heterocycles. The van der Waals surface area contributed by atoms with Crippen molar-refractivity contribution in [3.8, 4) is 11.1 Å². The van der Waals surface area contributed by atoms with Gasteiger partial charge in [0, 0.05) is 30.8 Å². The van der Waals surface area contributed by atoms with Crippen LogP contribution >= 0.6 is 22.9 Å². The van der Waals surface area contributed by atoms with Crippen molar-refractivity contribution in [1.82, 2.24) is 9.97 Å². The van der Waals surface area contributed by atoms with E-state index in [1.54, 1.807) is 24.6 Å². The smallest absolute Gasteiger partial charge is 0.329 e. The second kappa shape index (κ2) is 8.42. The zero-order chi connectivity index (χ0) is 21.3. The van der Waals surface area contributed by atoms with Crippen LogP contribution in [0.1, 0.15) is 23.1 Å². The highest BCUT2D eigenvalue weighted by atomic mass is 35.5. The first-order chi connectivity index (χ1) is 14.4. The van der Waals surface area contributed by atoms with Crippen molar-refractivity contribution in [2.75, 3.05) is 12.1 Å². The zero-order valence-corrected chi connectivity index (χ0v) is 18.4. The topological polar surface area (TPSA) is 55.3 Å². The summed E-state index contributed by atoms with van der Waals surface area (Å²) in [6, 6.07) is 16.0. The van der Waals surface area contributed by atoms with Crippen molar-refractivity contribution in [2.24, 2.45) is 0 Å². The molecule has 0 aliphatic carbocycles. The van der Waals surface area contributed by atoms with Gasteiger partial charge in [0.05, 0.1) is 15.2 Å². The Labute approximate surface area is 183 Å². The normalized spacial score (nSPS) is 10.9. The molecule has 0 atom stereocenters. The number of pyridine rings is 1. The second-order valence-corrected chi connectivity index (χ2v) is 8.69. The number of aryl methyl sites for hydroxylation is 1. The first-order valence-electron chi connectivity index (χ1n) is 9.42. The molecule has 0 unspecified atom stereocenters. The van der Waals surface area contributed by atoms with Gasteiger partial charge in [-0.2, -0.15) is 5.06 Å². The van der Waals surface area contributed by atoms with Crippen LogP contribution in [0, 0.1) is 6.92 Å². The van der Waals surface area contributed by atoms with Gasteiger partial charge in [0.1, 0.15) is 0 Å². The van der Waals surface area contributed by atoms with Crippen LogP contribution in [0.4, 0.5) is 5.82 Å². The van der Waals surface area contributed by atoms with E-state index in [9.17, 15) is 4.79 Å². The summed E-state index contributed by atoms with van der Waals surface area (Å²) in [5.74, 6) is 0.187. The highest BCUT2D eigenvalue weighted by Crippen LogP contribution is 2.34. The lowest BCUT2D eigenvalue weighted by atomic mass is 9.98. The number of benzene rings is 2. The fraction of sp³-hybridized carbons (Fsp3) is 0.174. The molecule has 2 aromatic heterocycles. The number of halogens is 1. The van der Waals surface area contributed by atoms with Gasteiger partial charge < -0.3 is 4.84 Å². The molecule has 0 N–H and O–H groups in total. The highest BCUT2D eigenvalue weighted by molar-refractivity contribution is 7.18. The molecule has 0 bridgehead atoms. The SMILES string of the molecule is CC(=O)ON(C)c1ccc(Cc2cc(-c3cccc(Cl)c3)c3nc(C)sc3c2)cn1. The third-order valence-electron chi connectivity index (χ3n) is 4.60. The Balaban J connectivity index is 1.67. The van der Waals surface area contributed by atoms with E-state index in [-0.39, 0.29) is 5.97 Å². The number of hydrogen-bond acceptors (Lipinski definition) is 6. The van der Waals surface area contributed by atoms with E-state index in [2.05, 4.69) is 23.2 Å². The van der Waals surface area contributed by atoms with Crippen LogP contribution in [0.5, 0.6) is 0 Å². The van der Waals surface area contributed by atoms with Crippen molar-refractivity contribution in [3.05, 3.63) is 75.9 Å². The summed E-state index contributed by atoms with van der Waals surface area (Å²) in [7, 11) is 1.65. The van der Waals surface area contributed by atoms with Gasteiger partial charge in [-0.25, -0.2) is 9.97 Å². The maximum atomic E-state index is 11.1. The lowest BCUT2D eigenvalue weighted by Gasteiger charge is -2.16. The molecule has 152 valence electrons. The maximum absolute atomic E-state index is 11.1. The largest absolute Gasteiger partial charge is 0.340 e. The monoisotopic (exact) mass is 437 g/mol. The molecule has 5 nitrogen and oxygen atoms in total. The number of hydroxylamine groups is 1. The molecule has 0 amide bonds. The molecule has 0 aliphatic heterocycles. The molecule has 4 rings (SSSR count). The molecular formula is C23H20ClN3O2S. The van der Waals surface area contributed by atoms with Gasteiger partial charge in [-0.15, -0.1) is 11.3 Å². The molecular weight excluding hydrogens is 418 g/mol. The standard InChI is InChI=1S/C23H20ClN3O2S/c1-14-26-23-20(18-5-4-6-19(24)12-18)10-17(11-21(23)30-14)9-16-7-8-22(25-13-16)27(3)29-15(2)28/h4-8,10-13H,9H2,1-3H3. The average Bonchev–Trinajstić information content (AvgIpc) is 3.07. The molecule has 0 saturated carbocycles. The number of anilines is 1. The van der Waals surface area contributed by atoms with E-state index in [0.717, 1.165) is 38.3 Å². The lowest BCUT2D eigenvalue weighted by molar-refractivity contribution is -0.141. The quantitative estimate of drug-likeness (QED) is 0.368. The van der Waals surface area contributed by atoms with E-state index < -0.39 is 0 Å². The van der Waals surface area contributed by atoms with Crippen molar-refractivity contribution in [3.63, 3.8) is 0 Å². The predicted octanol–water partition coefficient (Wildman–Crippen LogP) is 5.83. The number of aromatic nitrogens is 2. The van der Waals surface area contributed by atoms with Crippen LogP contribution in [0.15, 0.2) is 54.7 Å². The van der Waals surface area contributed by atoms with Crippen LogP contribution in [0.3, 0.4) is 0 Å². The Morgan fingerprint density at radius 3 is 2.70 bits per heavy atom. The number of fused-ring (bicyclic) bond motifs is 1. The average molecular weight is 438 g/mol. The van der Waals surface area contributed by atoms with E-state index in [0.29, 0.717) is 10.8 Å². The fourth-order valence-electron chi connectivity index (χ4n) is 3.36. The minimum atomic E-state index is -0.384. The number of rotatable bonds is 5. The fourth-order valence-corrected chi connectivity index (χ4v) is 4.47. The summed E-state index contributed by atoms with van der Waals surface area (Å²) in [5, 5.41) is 3.09. The van der Waals surface area contributed by atoms with Crippen molar-refractivity contribution in [1.29, 1.82) is 0 Å². The van der Waals surface area contributed by atoms with E-state index in [1.807, 2.05) is 37.3 Å². The zero-order valence-electron chi connectivity index (χ0n) is 16.8. The Kier molecular flexibility index (Phi) is 5.70. The number of carbonyl (C=O) groups excluding carboxylic acids is 1. The summed E-state index contributed by atoms with van der Waals surface area (Å²) >= 11 is 7.92. The van der Waals surface area contributed by atoms with Crippen molar-refractivity contribution in [2.45, 2.75) is 20.3 Å². The second-order valence-electron chi connectivity index (χ2n) is 7.02. The van der Waals surface area contributed by atoms with Gasteiger partial charge in [-0.3, -0.25) is 4.79 Å². The van der Waals surface area contributed by atoms with Crippen LogP contribution in [0.2, 0.25) is 5.02 Å². The number of thiazole rings is 1. The van der Waals surface area contributed by atoms with Gasteiger partial charge >= 0.3 is 5.97 Å². The number of hydrogen-bond donors (Lipinski definition) is 0. The van der Waals surface area contributed by atoms with E-state index in [4.69, 9.17) is 21.4 Å². The first-order valence-corrected chi connectivity index (χ1v) is 10.6. The minimum Gasteiger partial charge on any atom is -0.340 e. The lowest BCUT2D eigenvalue weighted by Crippen LogP contribution is -2.21. The molecule has 4 aromatic rings. The van der Waals surface area contributed by atoms with Gasteiger partial charge in [0.25, 0.3) is 0 Å². The summed E-state index contributed by atoms with van der Waals surface area (Å²) in [6.07, 6.45) is 2.53. The van der Waals surface area contributed by atoms with Crippen molar-refractivity contribution < 1.29 is 9.63 Å². The Morgan fingerprint density at radius 2 is 2.00 bits per heavy atom. The number of carbonyl (C=O) groups is 1. The molecule has 30 heavy (non-hydrogen) atoms. The van der Waals surface area contributed by atoms with Crippen LogP contribution in [0.25, 0.3) is 21.3 Å². The van der Waals surface area contributed by atoms with Gasteiger partial charge in [-0.1, -0.05) is 29.8 Å².